The predicted octanol–water partition coefficient (Wildman–Crippen LogP) is 1.48. The van der Waals surface area contributed by atoms with Gasteiger partial charge >= 0.3 is 13.1 Å². The molecule has 0 saturated carbocycles. The van der Waals surface area contributed by atoms with E-state index in [-0.39, 0.29) is 0 Å². The van der Waals surface area contributed by atoms with Crippen LogP contribution in [-0.2, 0) is 16.0 Å². The van der Waals surface area contributed by atoms with Gasteiger partial charge in [0.1, 0.15) is 17.1 Å². The molecule has 0 fully saturated rings. The second-order valence-electron chi connectivity index (χ2n) is 4.61. The Kier molecular flexibility index (Phi) is 3.64. The number of carbonyl (C=O) groups is 1. The van der Waals surface area contributed by atoms with Crippen LogP contribution in [-0.4, -0.2) is 25.2 Å². The number of benzene rings is 2. The first-order chi connectivity index (χ1) is 10.2. The molecule has 0 atom stereocenters. The van der Waals surface area contributed by atoms with Gasteiger partial charge in [0.15, 0.2) is 0 Å². The largest absolute Gasteiger partial charge is 0.491 e. The molecule has 0 unspecified atom stereocenters. The van der Waals surface area contributed by atoms with Crippen molar-refractivity contribution in [2.24, 2.45) is 0 Å². The van der Waals surface area contributed by atoms with Crippen molar-refractivity contribution in [3.05, 3.63) is 53.6 Å². The molecule has 106 valence electrons. The number of fused-ring (bicyclic) bond motifs is 1. The summed E-state index contributed by atoms with van der Waals surface area (Å²) in [5.74, 6) is 0.539. The molecule has 0 amide bonds. The maximum absolute atomic E-state index is 11.7. The van der Waals surface area contributed by atoms with Crippen LogP contribution in [0, 0.1) is 0 Å². The Labute approximate surface area is 122 Å². The quantitative estimate of drug-likeness (QED) is 0.683. The van der Waals surface area contributed by atoms with Crippen LogP contribution in [0.5, 0.6) is 11.5 Å². The Bertz CT molecular complexity index is 686. The molecular weight excluding hydrogens is 271 g/mol. The van der Waals surface area contributed by atoms with Crippen molar-refractivity contribution >= 4 is 18.6 Å². The van der Waals surface area contributed by atoms with E-state index in [0.29, 0.717) is 23.7 Å². The topological polar surface area (TPSA) is 65.0 Å². The first kappa shape index (κ1) is 13.7. The number of hydrogen-bond donors (Lipinski definition) is 1. The maximum Gasteiger partial charge on any atom is 0.491 e. The lowest BCUT2D eigenvalue weighted by Crippen LogP contribution is -2.27. The predicted molar refractivity (Wildman–Crippen MR) is 76.7 cm³/mol. The van der Waals surface area contributed by atoms with E-state index < -0.39 is 13.1 Å². The van der Waals surface area contributed by atoms with Gasteiger partial charge in [-0.05, 0) is 35.3 Å². The zero-order valence-corrected chi connectivity index (χ0v) is 11.4. The molecule has 21 heavy (non-hydrogen) atoms. The van der Waals surface area contributed by atoms with Crippen LogP contribution in [0.2, 0.25) is 0 Å². The molecule has 0 spiro atoms. The van der Waals surface area contributed by atoms with E-state index in [0.717, 1.165) is 11.0 Å². The van der Waals surface area contributed by atoms with E-state index in [1.165, 1.54) is 7.11 Å². The zero-order chi connectivity index (χ0) is 14.8. The summed E-state index contributed by atoms with van der Waals surface area (Å²) < 4.78 is 15.6. The molecule has 1 N–H and O–H groups in total. The lowest BCUT2D eigenvalue weighted by atomic mass is 9.80. The Morgan fingerprint density at radius 3 is 2.90 bits per heavy atom. The molecule has 2 aromatic carbocycles. The average Bonchev–Trinajstić information content (AvgIpc) is 2.88. The van der Waals surface area contributed by atoms with E-state index in [9.17, 15) is 9.82 Å². The van der Waals surface area contributed by atoms with Gasteiger partial charge in [-0.2, -0.15) is 0 Å². The summed E-state index contributed by atoms with van der Waals surface area (Å²) in [6.45, 7) is 0.340. The first-order valence-corrected chi connectivity index (χ1v) is 6.46. The molecule has 2 aromatic rings. The van der Waals surface area contributed by atoms with Crippen molar-refractivity contribution < 1.29 is 23.9 Å². The van der Waals surface area contributed by atoms with Crippen molar-refractivity contribution in [2.45, 2.75) is 6.61 Å². The third-order valence-corrected chi connectivity index (χ3v) is 3.30. The number of para-hydroxylation sites is 1. The fraction of sp³-hybridized carbons (Fsp3) is 0.133. The number of esters is 1. The second kappa shape index (κ2) is 5.59. The zero-order valence-electron chi connectivity index (χ0n) is 11.4. The van der Waals surface area contributed by atoms with E-state index in [1.807, 2.05) is 0 Å². The van der Waals surface area contributed by atoms with E-state index in [4.69, 9.17) is 14.1 Å². The smallest absolute Gasteiger partial charge is 0.465 e. The van der Waals surface area contributed by atoms with Crippen LogP contribution in [0.3, 0.4) is 0 Å². The summed E-state index contributed by atoms with van der Waals surface area (Å²) in [7, 11) is 0.448. The van der Waals surface area contributed by atoms with Crippen LogP contribution in [0.25, 0.3) is 0 Å². The number of methoxy groups -OCH3 is 1. The van der Waals surface area contributed by atoms with Crippen LogP contribution < -0.4 is 10.2 Å². The van der Waals surface area contributed by atoms with Gasteiger partial charge < -0.3 is 19.2 Å². The highest BCUT2D eigenvalue weighted by molar-refractivity contribution is 6.61. The van der Waals surface area contributed by atoms with E-state index in [2.05, 4.69) is 0 Å². The highest BCUT2D eigenvalue weighted by Gasteiger charge is 2.27. The molecule has 0 aliphatic carbocycles. The van der Waals surface area contributed by atoms with Crippen molar-refractivity contribution in [2.75, 3.05) is 7.11 Å². The average molecular weight is 284 g/mol. The second-order valence-corrected chi connectivity index (χ2v) is 4.61. The minimum atomic E-state index is -0.878. The molecule has 0 saturated heterocycles. The van der Waals surface area contributed by atoms with Crippen molar-refractivity contribution in [3.63, 3.8) is 0 Å². The summed E-state index contributed by atoms with van der Waals surface area (Å²) in [6.07, 6.45) is 0. The van der Waals surface area contributed by atoms with Crippen LogP contribution in [0.1, 0.15) is 15.9 Å². The van der Waals surface area contributed by atoms with Crippen LogP contribution in [0.4, 0.5) is 0 Å². The summed E-state index contributed by atoms with van der Waals surface area (Å²) in [6, 6.07) is 12.1. The van der Waals surface area contributed by atoms with Crippen molar-refractivity contribution in [1.29, 1.82) is 0 Å². The molecule has 5 nitrogen and oxygen atoms in total. The summed E-state index contributed by atoms with van der Waals surface area (Å²) in [5.41, 5.74) is 1.97. The van der Waals surface area contributed by atoms with E-state index in [1.54, 1.807) is 42.5 Å². The van der Waals surface area contributed by atoms with Crippen molar-refractivity contribution in [3.8, 4) is 11.5 Å². The molecule has 1 heterocycles. The van der Waals surface area contributed by atoms with Gasteiger partial charge in [-0.3, -0.25) is 0 Å². The molecule has 6 heteroatoms. The van der Waals surface area contributed by atoms with Gasteiger partial charge in [0.25, 0.3) is 0 Å². The van der Waals surface area contributed by atoms with Crippen LogP contribution >= 0.6 is 0 Å². The third-order valence-electron chi connectivity index (χ3n) is 3.30. The number of rotatable bonds is 3. The van der Waals surface area contributed by atoms with Crippen molar-refractivity contribution in [1.82, 2.24) is 0 Å². The molecule has 0 bridgehead atoms. The Hall–Kier alpha value is -2.31. The minimum absolute atomic E-state index is 0.340. The summed E-state index contributed by atoms with van der Waals surface area (Å²) in [5, 5.41) is 9.59. The molecule has 1 aliphatic heterocycles. The Morgan fingerprint density at radius 2 is 2.10 bits per heavy atom. The lowest BCUT2D eigenvalue weighted by Gasteiger charge is -2.10. The summed E-state index contributed by atoms with van der Waals surface area (Å²) >= 11 is 0. The fourth-order valence-corrected chi connectivity index (χ4v) is 2.23. The Balaban J connectivity index is 1.90. The van der Waals surface area contributed by atoms with E-state index >= 15 is 0 Å². The summed E-state index contributed by atoms with van der Waals surface area (Å²) in [4.78, 5) is 11.7. The molecule has 3 rings (SSSR count). The van der Waals surface area contributed by atoms with Crippen LogP contribution in [0.15, 0.2) is 42.5 Å². The monoisotopic (exact) mass is 284 g/mol. The highest BCUT2D eigenvalue weighted by Crippen LogP contribution is 2.27. The number of carbonyl (C=O) groups excluding carboxylic acids is 1. The molecule has 0 aromatic heterocycles. The van der Waals surface area contributed by atoms with Gasteiger partial charge in [-0.1, -0.05) is 18.2 Å². The SMILES string of the molecule is COC(=O)c1ccccc1Oc1ccc2c(c1)COB2O. The first-order valence-electron chi connectivity index (χ1n) is 6.46. The molecular formula is C15H13BO5. The Morgan fingerprint density at radius 1 is 1.29 bits per heavy atom. The fourth-order valence-electron chi connectivity index (χ4n) is 2.23. The van der Waals surface area contributed by atoms with Gasteiger partial charge in [0.05, 0.1) is 13.7 Å². The van der Waals surface area contributed by atoms with Gasteiger partial charge in [-0.15, -0.1) is 0 Å². The van der Waals surface area contributed by atoms with Gasteiger partial charge in [0, 0.05) is 0 Å². The normalized spacial score (nSPS) is 13.0. The maximum atomic E-state index is 11.7. The molecule has 0 radical (unpaired) electrons. The minimum Gasteiger partial charge on any atom is -0.465 e. The number of ether oxygens (including phenoxy) is 2. The number of hydrogen-bond acceptors (Lipinski definition) is 5. The standard InChI is InChI=1S/C15H13BO5/c1-19-15(17)12-4-2-3-5-14(12)21-11-6-7-13-10(8-11)9-20-16(13)18/h2-8,18H,9H2,1H3. The highest BCUT2D eigenvalue weighted by atomic mass is 16.5. The molecule has 1 aliphatic rings. The third kappa shape index (κ3) is 2.63. The lowest BCUT2D eigenvalue weighted by molar-refractivity contribution is 0.0598. The van der Waals surface area contributed by atoms with Gasteiger partial charge in [-0.25, -0.2) is 4.79 Å². The van der Waals surface area contributed by atoms with Gasteiger partial charge in [0.2, 0.25) is 0 Å².